The van der Waals surface area contributed by atoms with E-state index in [1.807, 2.05) is 0 Å². The van der Waals surface area contributed by atoms with E-state index in [9.17, 15) is 13.6 Å². The number of rotatable bonds is 12. The molecule has 0 aliphatic carbocycles. The molecule has 8 nitrogen and oxygen atoms in total. The summed E-state index contributed by atoms with van der Waals surface area (Å²) in [5.74, 6) is 6.33. The van der Waals surface area contributed by atoms with Gasteiger partial charge in [0.25, 0.3) is 0 Å². The number of nitrogens with one attached hydrogen (secondary N) is 4. The van der Waals surface area contributed by atoms with Gasteiger partial charge in [-0.1, -0.05) is 11.8 Å². The van der Waals surface area contributed by atoms with Gasteiger partial charge in [0.05, 0.1) is 31.6 Å². The van der Waals surface area contributed by atoms with Crippen molar-refractivity contribution in [1.82, 2.24) is 20.6 Å². The van der Waals surface area contributed by atoms with Gasteiger partial charge in [0.1, 0.15) is 5.82 Å². The van der Waals surface area contributed by atoms with Crippen LogP contribution in [0.25, 0.3) is 0 Å². The number of amides is 1. The van der Waals surface area contributed by atoms with Crippen LogP contribution in [0, 0.1) is 17.7 Å². The molecular weight excluding hydrogens is 430 g/mol. The molecule has 2 aromatic rings. The highest BCUT2D eigenvalue weighted by Gasteiger charge is 2.09. The second-order valence-corrected chi connectivity index (χ2v) is 7.11. The first kappa shape index (κ1) is 25.8. The largest absolute Gasteiger partial charge is 0.494 e. The molecule has 33 heavy (non-hydrogen) atoms. The van der Waals surface area contributed by atoms with E-state index in [2.05, 4.69) is 43.1 Å². The first-order valence-electron chi connectivity index (χ1n) is 10.7. The van der Waals surface area contributed by atoms with Crippen LogP contribution in [0.1, 0.15) is 31.7 Å². The zero-order valence-corrected chi connectivity index (χ0v) is 19.1. The van der Waals surface area contributed by atoms with Gasteiger partial charge in [-0.25, -0.2) is 9.37 Å². The third-order valence-corrected chi connectivity index (χ3v) is 4.63. The minimum atomic E-state index is -0.511. The highest BCUT2D eigenvalue weighted by molar-refractivity contribution is 5.81. The normalized spacial score (nSPS) is 11.2. The van der Waals surface area contributed by atoms with Crippen LogP contribution in [0.15, 0.2) is 24.4 Å². The molecule has 178 valence electrons. The Labute approximate surface area is 192 Å². The molecule has 0 bridgehead atoms. The fraction of sp³-hybridized carbons (Fsp3) is 0.435. The summed E-state index contributed by atoms with van der Waals surface area (Å²) in [7, 11) is 3.12. The molecule has 1 heterocycles. The summed E-state index contributed by atoms with van der Waals surface area (Å²) < 4.78 is 31.4. The third-order valence-electron chi connectivity index (χ3n) is 4.63. The Kier molecular flexibility index (Phi) is 10.8. The summed E-state index contributed by atoms with van der Waals surface area (Å²) in [4.78, 5) is 20.4. The van der Waals surface area contributed by atoms with E-state index in [4.69, 9.17) is 4.74 Å². The van der Waals surface area contributed by atoms with Gasteiger partial charge < -0.3 is 26.0 Å². The van der Waals surface area contributed by atoms with E-state index < -0.39 is 12.5 Å². The molecule has 0 aliphatic heterocycles. The van der Waals surface area contributed by atoms with Crippen LogP contribution >= 0.6 is 0 Å². The minimum Gasteiger partial charge on any atom is -0.494 e. The average Bonchev–Trinajstić information content (AvgIpc) is 2.82. The van der Waals surface area contributed by atoms with Crippen molar-refractivity contribution in [3.8, 4) is 17.6 Å². The predicted octanol–water partition coefficient (Wildman–Crippen LogP) is 3.00. The standard InChI is InChI=1S/C23H30F2N6O2/c1-16(26-2)22(32)28-12-6-4-5-8-17-15-29-23(31-21(17)27-13-7-11-24)30-18-9-10-20(33-3)19(25)14-18/h9-10,14-16,26H,4,6-7,11-13H2,1-3H3,(H,28,32)(H2,27,29,30,31)/t16-/m0/s1. The number of hydrogen-bond acceptors (Lipinski definition) is 7. The van der Waals surface area contributed by atoms with Crippen molar-refractivity contribution in [3.05, 3.63) is 35.8 Å². The van der Waals surface area contributed by atoms with Crippen molar-refractivity contribution >= 4 is 23.4 Å². The lowest BCUT2D eigenvalue weighted by atomic mass is 10.2. The minimum absolute atomic E-state index is 0.0574. The number of nitrogens with zero attached hydrogens (tertiary/aromatic N) is 2. The summed E-state index contributed by atoms with van der Waals surface area (Å²) in [6.45, 7) is 2.25. The van der Waals surface area contributed by atoms with Crippen LogP contribution < -0.4 is 26.0 Å². The van der Waals surface area contributed by atoms with Crippen LogP contribution in [-0.2, 0) is 4.79 Å². The van der Waals surface area contributed by atoms with E-state index in [-0.39, 0.29) is 23.6 Å². The smallest absolute Gasteiger partial charge is 0.236 e. The van der Waals surface area contributed by atoms with Crippen LogP contribution in [-0.4, -0.2) is 55.8 Å². The molecule has 0 unspecified atom stereocenters. The summed E-state index contributed by atoms with van der Waals surface area (Å²) in [6.07, 6.45) is 3.15. The lowest BCUT2D eigenvalue weighted by molar-refractivity contribution is -0.122. The van der Waals surface area contributed by atoms with Crippen molar-refractivity contribution in [1.29, 1.82) is 0 Å². The molecule has 0 spiro atoms. The van der Waals surface area contributed by atoms with Gasteiger partial charge in [-0.2, -0.15) is 4.98 Å². The molecule has 1 aromatic carbocycles. The zero-order valence-electron chi connectivity index (χ0n) is 19.1. The van der Waals surface area contributed by atoms with Crippen LogP contribution in [0.2, 0.25) is 0 Å². The number of halogens is 2. The Bertz CT molecular complexity index is 977. The highest BCUT2D eigenvalue weighted by atomic mass is 19.1. The van der Waals surface area contributed by atoms with E-state index >= 15 is 0 Å². The lowest BCUT2D eigenvalue weighted by Crippen LogP contribution is -2.40. The highest BCUT2D eigenvalue weighted by Crippen LogP contribution is 2.23. The van der Waals surface area contributed by atoms with Gasteiger partial charge in [-0.3, -0.25) is 9.18 Å². The summed E-state index contributed by atoms with van der Waals surface area (Å²) in [6, 6.07) is 4.18. The van der Waals surface area contributed by atoms with Gasteiger partial charge in [-0.05, 0) is 38.9 Å². The lowest BCUT2D eigenvalue weighted by Gasteiger charge is -2.11. The monoisotopic (exact) mass is 460 g/mol. The molecule has 1 atom stereocenters. The summed E-state index contributed by atoms with van der Waals surface area (Å²) in [5, 5.41) is 11.7. The Morgan fingerprint density at radius 2 is 2.09 bits per heavy atom. The molecule has 0 radical (unpaired) electrons. The number of carbonyl (C=O) groups is 1. The van der Waals surface area contributed by atoms with Gasteiger partial charge in [0, 0.05) is 31.3 Å². The van der Waals surface area contributed by atoms with Gasteiger partial charge >= 0.3 is 0 Å². The van der Waals surface area contributed by atoms with Crippen LogP contribution in [0.4, 0.5) is 26.2 Å². The molecule has 1 amide bonds. The second-order valence-electron chi connectivity index (χ2n) is 7.11. The average molecular weight is 461 g/mol. The number of unbranched alkanes of at least 4 members (excludes halogenated alkanes) is 1. The number of alkyl halides is 1. The van der Waals surface area contributed by atoms with Crippen molar-refractivity contribution in [3.63, 3.8) is 0 Å². The van der Waals surface area contributed by atoms with Crippen LogP contribution in [0.3, 0.4) is 0 Å². The number of carbonyl (C=O) groups excluding carboxylic acids is 1. The van der Waals surface area contributed by atoms with Crippen molar-refractivity contribution in [2.75, 3.05) is 44.6 Å². The maximum absolute atomic E-state index is 13.9. The van der Waals surface area contributed by atoms with E-state index in [0.29, 0.717) is 49.4 Å². The SMILES string of the molecule is CN[C@@H](C)C(=O)NCCCC#Cc1cnc(Nc2ccc(OC)c(F)c2)nc1NCCCF. The van der Waals surface area contributed by atoms with E-state index in [1.54, 1.807) is 26.2 Å². The number of benzene rings is 1. The molecule has 10 heteroatoms. The van der Waals surface area contributed by atoms with Gasteiger partial charge in [0.15, 0.2) is 11.6 Å². The number of ether oxygens (including phenoxy) is 1. The molecule has 1 aromatic heterocycles. The third kappa shape index (κ3) is 8.54. The summed E-state index contributed by atoms with van der Waals surface area (Å²) >= 11 is 0. The first-order valence-corrected chi connectivity index (χ1v) is 10.7. The number of methoxy groups -OCH3 is 1. The van der Waals surface area contributed by atoms with Crippen molar-refractivity contribution in [2.45, 2.75) is 32.2 Å². The number of aromatic nitrogens is 2. The zero-order chi connectivity index (χ0) is 24.1. The number of anilines is 3. The van der Waals surface area contributed by atoms with E-state index in [1.165, 1.54) is 19.2 Å². The Morgan fingerprint density at radius 3 is 2.79 bits per heavy atom. The maximum atomic E-state index is 13.9. The molecule has 0 fully saturated rings. The molecule has 0 aliphatic rings. The Morgan fingerprint density at radius 1 is 1.27 bits per heavy atom. The molecule has 2 rings (SSSR count). The molecular formula is C23H30F2N6O2. The predicted molar refractivity (Wildman–Crippen MR) is 125 cm³/mol. The van der Waals surface area contributed by atoms with Crippen molar-refractivity contribution < 1.29 is 18.3 Å². The maximum Gasteiger partial charge on any atom is 0.236 e. The Balaban J connectivity index is 2.03. The number of hydrogen-bond donors (Lipinski definition) is 4. The van der Waals surface area contributed by atoms with E-state index in [0.717, 1.165) is 0 Å². The fourth-order valence-electron chi connectivity index (χ4n) is 2.65. The van der Waals surface area contributed by atoms with Gasteiger partial charge in [-0.15, -0.1) is 0 Å². The summed E-state index contributed by atoms with van der Waals surface area (Å²) in [5.41, 5.74) is 1.02. The Hall–Kier alpha value is -3.45. The quantitative estimate of drug-likeness (QED) is 0.285. The second kappa shape index (κ2) is 13.9. The first-order chi connectivity index (χ1) is 16.0. The molecule has 0 saturated carbocycles. The molecule has 0 saturated heterocycles. The van der Waals surface area contributed by atoms with Crippen molar-refractivity contribution in [2.24, 2.45) is 0 Å². The molecule has 4 N–H and O–H groups in total. The fourth-order valence-corrected chi connectivity index (χ4v) is 2.65. The van der Waals surface area contributed by atoms with Crippen LogP contribution in [0.5, 0.6) is 5.75 Å². The topological polar surface area (TPSA) is 100 Å². The number of likely N-dealkylation sites (N-methyl/N-ethyl adjacent to an activating group) is 1. The van der Waals surface area contributed by atoms with Gasteiger partial charge in [0.2, 0.25) is 11.9 Å².